The summed E-state index contributed by atoms with van der Waals surface area (Å²) in [6.45, 7) is 2.72. The van der Waals surface area contributed by atoms with Crippen molar-refractivity contribution in [2.45, 2.75) is 51.1 Å². The van der Waals surface area contributed by atoms with E-state index in [1.807, 2.05) is 0 Å². The molecule has 4 nitrogen and oxygen atoms in total. The predicted molar refractivity (Wildman–Crippen MR) is 76.4 cm³/mol. The van der Waals surface area contributed by atoms with E-state index < -0.39 is 0 Å². The highest BCUT2D eigenvalue weighted by Gasteiger charge is 2.26. The minimum absolute atomic E-state index is 0.0967. The Morgan fingerprint density at radius 2 is 2.05 bits per heavy atom. The zero-order chi connectivity index (χ0) is 13.9. The van der Waals surface area contributed by atoms with Crippen LogP contribution in [0, 0.1) is 10.1 Å². The summed E-state index contributed by atoms with van der Waals surface area (Å²) in [5.74, 6) is 0. The van der Waals surface area contributed by atoms with E-state index in [0.717, 1.165) is 12.8 Å². The van der Waals surface area contributed by atoms with E-state index >= 15 is 0 Å². The molecule has 0 bridgehead atoms. The average Bonchev–Trinajstić information content (AvgIpc) is 2.38. The van der Waals surface area contributed by atoms with Gasteiger partial charge in [-0.15, -0.1) is 0 Å². The quantitative estimate of drug-likeness (QED) is 0.669. The van der Waals surface area contributed by atoms with Crippen LogP contribution in [0.5, 0.6) is 0 Å². The number of hydrogen-bond donors (Lipinski definition) is 1. The fraction of sp³-hybridized carbons (Fsp3) is 0.571. The van der Waals surface area contributed by atoms with Crippen LogP contribution < -0.4 is 5.32 Å². The first-order valence-electron chi connectivity index (χ1n) is 6.68. The molecule has 1 fully saturated rings. The third-order valence-corrected chi connectivity index (χ3v) is 4.14. The van der Waals surface area contributed by atoms with E-state index in [9.17, 15) is 10.1 Å². The van der Waals surface area contributed by atoms with Crippen LogP contribution in [0.4, 0.5) is 5.69 Å². The monoisotopic (exact) mass is 282 g/mol. The zero-order valence-electron chi connectivity index (χ0n) is 11.1. The minimum atomic E-state index is -0.369. The van der Waals surface area contributed by atoms with Crippen molar-refractivity contribution in [3.63, 3.8) is 0 Å². The van der Waals surface area contributed by atoms with Crippen molar-refractivity contribution < 1.29 is 4.92 Å². The van der Waals surface area contributed by atoms with E-state index in [1.165, 1.54) is 25.3 Å². The number of nitrogens with zero attached hydrogens (tertiary/aromatic N) is 1. The van der Waals surface area contributed by atoms with Crippen LogP contribution in [0.1, 0.15) is 44.6 Å². The maximum Gasteiger partial charge on any atom is 0.275 e. The topological polar surface area (TPSA) is 55.2 Å². The highest BCUT2D eigenvalue weighted by Crippen LogP contribution is 2.29. The molecule has 0 radical (unpaired) electrons. The van der Waals surface area contributed by atoms with Crippen molar-refractivity contribution in [3.05, 3.63) is 38.9 Å². The highest BCUT2D eigenvalue weighted by molar-refractivity contribution is 6.30. The Hall–Kier alpha value is -1.13. The van der Waals surface area contributed by atoms with Gasteiger partial charge in [0.1, 0.15) is 0 Å². The number of rotatable bonds is 4. The summed E-state index contributed by atoms with van der Waals surface area (Å²) in [7, 11) is 0. The molecule has 1 aliphatic carbocycles. The van der Waals surface area contributed by atoms with E-state index in [0.29, 0.717) is 17.1 Å². The number of nitro groups is 1. The molecule has 0 amide bonds. The molecule has 1 saturated carbocycles. The van der Waals surface area contributed by atoms with Gasteiger partial charge >= 0.3 is 0 Å². The SMILES string of the molecule is CC1(NCc2ccc(Cl)cc2[N+](=O)[O-])CCCCC1. The second kappa shape index (κ2) is 5.88. The Morgan fingerprint density at radius 3 is 2.68 bits per heavy atom. The first-order chi connectivity index (χ1) is 9.00. The maximum absolute atomic E-state index is 11.0. The first kappa shape index (κ1) is 14.3. The third kappa shape index (κ3) is 3.67. The maximum atomic E-state index is 11.0. The highest BCUT2D eigenvalue weighted by atomic mass is 35.5. The lowest BCUT2D eigenvalue weighted by Gasteiger charge is -2.34. The molecular weight excluding hydrogens is 264 g/mol. The fourth-order valence-corrected chi connectivity index (χ4v) is 2.84. The van der Waals surface area contributed by atoms with E-state index in [1.54, 1.807) is 12.1 Å². The molecule has 1 aliphatic rings. The van der Waals surface area contributed by atoms with Crippen LogP contribution in [0.3, 0.4) is 0 Å². The van der Waals surface area contributed by atoms with Gasteiger partial charge in [-0.05, 0) is 31.9 Å². The van der Waals surface area contributed by atoms with Crippen molar-refractivity contribution in [3.8, 4) is 0 Å². The van der Waals surface area contributed by atoms with Gasteiger partial charge in [0.25, 0.3) is 5.69 Å². The van der Waals surface area contributed by atoms with Crippen molar-refractivity contribution in [2.24, 2.45) is 0 Å². The molecule has 1 N–H and O–H groups in total. The van der Waals surface area contributed by atoms with Crippen molar-refractivity contribution in [1.29, 1.82) is 0 Å². The number of benzene rings is 1. The normalized spacial score (nSPS) is 18.2. The largest absolute Gasteiger partial charge is 0.307 e. The summed E-state index contributed by atoms with van der Waals surface area (Å²) in [5, 5.41) is 14.9. The van der Waals surface area contributed by atoms with Gasteiger partial charge in [-0.3, -0.25) is 10.1 Å². The Balaban J connectivity index is 2.08. The van der Waals surface area contributed by atoms with Gasteiger partial charge in [-0.2, -0.15) is 0 Å². The average molecular weight is 283 g/mol. The summed E-state index contributed by atoms with van der Waals surface area (Å²) in [5.41, 5.74) is 0.895. The van der Waals surface area contributed by atoms with E-state index in [4.69, 9.17) is 11.6 Å². The zero-order valence-corrected chi connectivity index (χ0v) is 11.9. The Kier molecular flexibility index (Phi) is 4.42. The molecule has 0 heterocycles. The van der Waals surface area contributed by atoms with Gasteiger partial charge in [0.2, 0.25) is 0 Å². The summed E-state index contributed by atoms with van der Waals surface area (Å²) in [6, 6.07) is 4.86. The number of halogens is 1. The Morgan fingerprint density at radius 1 is 1.37 bits per heavy atom. The molecule has 1 aromatic carbocycles. The molecule has 0 spiro atoms. The van der Waals surface area contributed by atoms with Crippen LogP contribution in [-0.4, -0.2) is 10.5 Å². The first-order valence-corrected chi connectivity index (χ1v) is 7.06. The van der Waals surface area contributed by atoms with Gasteiger partial charge in [0.05, 0.1) is 4.92 Å². The second-order valence-electron chi connectivity index (χ2n) is 5.51. The fourth-order valence-electron chi connectivity index (χ4n) is 2.67. The molecule has 0 aliphatic heterocycles. The molecule has 104 valence electrons. The van der Waals surface area contributed by atoms with Crippen LogP contribution in [-0.2, 0) is 6.54 Å². The summed E-state index contributed by atoms with van der Waals surface area (Å²) < 4.78 is 0. The molecule has 5 heteroatoms. The minimum Gasteiger partial charge on any atom is -0.307 e. The predicted octanol–water partition coefficient (Wildman–Crippen LogP) is 4.06. The van der Waals surface area contributed by atoms with Crippen LogP contribution in [0.25, 0.3) is 0 Å². The Bertz CT molecular complexity index is 471. The molecule has 1 aromatic rings. The van der Waals surface area contributed by atoms with Crippen LogP contribution >= 0.6 is 11.6 Å². The van der Waals surface area contributed by atoms with Gasteiger partial charge in [0, 0.05) is 28.7 Å². The summed E-state index contributed by atoms with van der Waals surface area (Å²) >= 11 is 5.81. The van der Waals surface area contributed by atoms with Gasteiger partial charge in [-0.25, -0.2) is 0 Å². The molecule has 0 saturated heterocycles. The van der Waals surface area contributed by atoms with Gasteiger partial charge in [-0.1, -0.05) is 30.9 Å². The Labute approximate surface area is 118 Å². The lowest BCUT2D eigenvalue weighted by molar-refractivity contribution is -0.385. The second-order valence-corrected chi connectivity index (χ2v) is 5.94. The number of hydrogen-bond acceptors (Lipinski definition) is 3. The van der Waals surface area contributed by atoms with Crippen molar-refractivity contribution in [2.75, 3.05) is 0 Å². The molecule has 0 aromatic heterocycles. The summed E-state index contributed by atoms with van der Waals surface area (Å²) in [4.78, 5) is 10.7. The molecule has 2 rings (SSSR count). The molecule has 0 unspecified atom stereocenters. The van der Waals surface area contributed by atoms with Gasteiger partial charge in [0.15, 0.2) is 0 Å². The molecular formula is C14H19ClN2O2. The lowest BCUT2D eigenvalue weighted by atomic mass is 9.83. The smallest absolute Gasteiger partial charge is 0.275 e. The van der Waals surface area contributed by atoms with Crippen molar-refractivity contribution >= 4 is 17.3 Å². The van der Waals surface area contributed by atoms with E-state index in [-0.39, 0.29) is 16.1 Å². The molecule has 19 heavy (non-hydrogen) atoms. The molecule has 0 atom stereocenters. The number of nitrogens with one attached hydrogen (secondary N) is 1. The van der Waals surface area contributed by atoms with E-state index in [2.05, 4.69) is 12.2 Å². The summed E-state index contributed by atoms with van der Waals surface area (Å²) in [6.07, 6.45) is 6.01. The lowest BCUT2D eigenvalue weighted by Crippen LogP contribution is -2.43. The number of nitro benzene ring substituents is 1. The van der Waals surface area contributed by atoms with Gasteiger partial charge < -0.3 is 5.32 Å². The van der Waals surface area contributed by atoms with Crippen LogP contribution in [0.2, 0.25) is 5.02 Å². The van der Waals surface area contributed by atoms with Crippen molar-refractivity contribution in [1.82, 2.24) is 5.32 Å². The third-order valence-electron chi connectivity index (χ3n) is 3.91. The standard InChI is InChI=1S/C14H19ClN2O2/c1-14(7-3-2-4-8-14)16-10-11-5-6-12(15)9-13(11)17(18)19/h5-6,9,16H,2-4,7-8,10H2,1H3. The van der Waals surface area contributed by atoms with Crippen LogP contribution in [0.15, 0.2) is 18.2 Å².